The zero-order valence-corrected chi connectivity index (χ0v) is 10.5. The molecule has 1 aliphatic rings. The summed E-state index contributed by atoms with van der Waals surface area (Å²) in [6.07, 6.45) is 1.26. The third kappa shape index (κ3) is 2.76. The van der Waals surface area contributed by atoms with E-state index < -0.39 is 0 Å². The zero-order valence-electron chi connectivity index (χ0n) is 10.5. The molecule has 1 N–H and O–H groups in total. The van der Waals surface area contributed by atoms with Crippen LogP contribution in [0.25, 0.3) is 0 Å². The van der Waals surface area contributed by atoms with Gasteiger partial charge in [0, 0.05) is 30.9 Å². The van der Waals surface area contributed by atoms with Crippen molar-refractivity contribution < 1.29 is 0 Å². The summed E-state index contributed by atoms with van der Waals surface area (Å²) >= 11 is 0. The minimum absolute atomic E-state index is 0.616. The number of hydrogen-bond acceptors (Lipinski definition) is 2. The average molecular weight is 218 g/mol. The van der Waals surface area contributed by atoms with Crippen LogP contribution >= 0.6 is 0 Å². The van der Waals surface area contributed by atoms with Crippen molar-refractivity contribution in [3.63, 3.8) is 0 Å². The second-order valence-electron chi connectivity index (χ2n) is 5.08. The van der Waals surface area contributed by atoms with Crippen LogP contribution in [0.4, 0.5) is 5.69 Å². The fourth-order valence-corrected chi connectivity index (χ4v) is 2.26. The number of aryl methyl sites for hydroxylation is 1. The summed E-state index contributed by atoms with van der Waals surface area (Å²) in [5.41, 5.74) is 2.57. The Balaban J connectivity index is 1.89. The van der Waals surface area contributed by atoms with Crippen molar-refractivity contribution in [2.24, 2.45) is 0 Å². The summed E-state index contributed by atoms with van der Waals surface area (Å²) in [7, 11) is 0. The normalized spacial score (nSPS) is 21.6. The van der Waals surface area contributed by atoms with Crippen molar-refractivity contribution in [3.8, 4) is 0 Å². The topological polar surface area (TPSA) is 15.3 Å². The van der Waals surface area contributed by atoms with E-state index in [1.807, 2.05) is 0 Å². The van der Waals surface area contributed by atoms with Gasteiger partial charge in [0.15, 0.2) is 0 Å². The van der Waals surface area contributed by atoms with E-state index >= 15 is 0 Å². The first-order chi connectivity index (χ1) is 7.65. The lowest BCUT2D eigenvalue weighted by atomic mass is 10.2. The van der Waals surface area contributed by atoms with Crippen LogP contribution in [0.3, 0.4) is 0 Å². The lowest BCUT2D eigenvalue weighted by Crippen LogP contribution is -2.31. The van der Waals surface area contributed by atoms with Crippen molar-refractivity contribution in [2.75, 3.05) is 18.4 Å². The molecule has 0 saturated carbocycles. The highest BCUT2D eigenvalue weighted by Crippen LogP contribution is 2.17. The fourth-order valence-electron chi connectivity index (χ4n) is 2.26. The number of benzene rings is 1. The average Bonchev–Trinajstić information content (AvgIpc) is 2.70. The summed E-state index contributed by atoms with van der Waals surface area (Å²) in [5.74, 6) is 0. The summed E-state index contributed by atoms with van der Waals surface area (Å²) in [6.45, 7) is 9.06. The molecule has 0 bridgehead atoms. The molecule has 0 spiro atoms. The molecule has 1 saturated heterocycles. The van der Waals surface area contributed by atoms with Gasteiger partial charge in [-0.25, -0.2) is 0 Å². The van der Waals surface area contributed by atoms with Crippen LogP contribution < -0.4 is 5.32 Å². The molecule has 0 amide bonds. The molecular formula is C14H22N2. The monoisotopic (exact) mass is 218 g/mol. The first-order valence-electron chi connectivity index (χ1n) is 6.22. The van der Waals surface area contributed by atoms with Crippen LogP contribution in [0, 0.1) is 6.92 Å². The minimum Gasteiger partial charge on any atom is -0.381 e. The van der Waals surface area contributed by atoms with Crippen molar-refractivity contribution in [1.82, 2.24) is 4.90 Å². The maximum Gasteiger partial charge on any atom is 0.0400 e. The highest BCUT2D eigenvalue weighted by molar-refractivity contribution is 5.45. The molecule has 2 nitrogen and oxygen atoms in total. The van der Waals surface area contributed by atoms with Gasteiger partial charge in [-0.15, -0.1) is 0 Å². The summed E-state index contributed by atoms with van der Waals surface area (Å²) in [4.78, 5) is 2.53. The molecule has 1 atom stereocenters. The molecule has 0 aliphatic carbocycles. The van der Waals surface area contributed by atoms with E-state index in [2.05, 4.69) is 55.3 Å². The molecule has 2 heteroatoms. The number of hydrogen-bond donors (Lipinski definition) is 1. The van der Waals surface area contributed by atoms with Crippen LogP contribution in [0.2, 0.25) is 0 Å². The molecule has 1 aromatic carbocycles. The molecular weight excluding hydrogens is 196 g/mol. The third-order valence-electron chi connectivity index (χ3n) is 3.37. The van der Waals surface area contributed by atoms with E-state index in [-0.39, 0.29) is 0 Å². The summed E-state index contributed by atoms with van der Waals surface area (Å²) in [5, 5.41) is 3.61. The number of nitrogens with zero attached hydrogens (tertiary/aromatic N) is 1. The van der Waals surface area contributed by atoms with Gasteiger partial charge in [0.25, 0.3) is 0 Å². The first-order valence-corrected chi connectivity index (χ1v) is 6.22. The Kier molecular flexibility index (Phi) is 3.49. The second kappa shape index (κ2) is 4.88. The SMILES string of the molecule is Cc1ccc(NC2CCN(C(C)C)C2)cc1. The number of nitrogens with one attached hydrogen (secondary N) is 1. The second-order valence-corrected chi connectivity index (χ2v) is 5.08. The number of anilines is 1. The summed E-state index contributed by atoms with van der Waals surface area (Å²) < 4.78 is 0. The van der Waals surface area contributed by atoms with Gasteiger partial charge in [0.1, 0.15) is 0 Å². The van der Waals surface area contributed by atoms with Crippen molar-refractivity contribution >= 4 is 5.69 Å². The van der Waals surface area contributed by atoms with Crippen LogP contribution in [-0.2, 0) is 0 Å². The van der Waals surface area contributed by atoms with Gasteiger partial charge in [-0.3, -0.25) is 4.90 Å². The molecule has 1 aromatic rings. The molecule has 16 heavy (non-hydrogen) atoms. The predicted molar refractivity (Wildman–Crippen MR) is 69.9 cm³/mol. The van der Waals surface area contributed by atoms with Crippen molar-refractivity contribution in [1.29, 1.82) is 0 Å². The first kappa shape index (κ1) is 11.5. The third-order valence-corrected chi connectivity index (χ3v) is 3.37. The van der Waals surface area contributed by atoms with Gasteiger partial charge in [-0.05, 0) is 39.3 Å². The zero-order chi connectivity index (χ0) is 11.5. The molecule has 1 heterocycles. The largest absolute Gasteiger partial charge is 0.381 e. The smallest absolute Gasteiger partial charge is 0.0400 e. The van der Waals surface area contributed by atoms with Crippen LogP contribution in [0.1, 0.15) is 25.8 Å². The van der Waals surface area contributed by atoms with Gasteiger partial charge in [0.05, 0.1) is 0 Å². The Labute approximate surface area is 98.7 Å². The Morgan fingerprint density at radius 2 is 1.94 bits per heavy atom. The molecule has 1 fully saturated rings. The summed E-state index contributed by atoms with van der Waals surface area (Å²) in [6, 6.07) is 9.96. The van der Waals surface area contributed by atoms with Gasteiger partial charge in [0.2, 0.25) is 0 Å². The number of likely N-dealkylation sites (tertiary alicyclic amines) is 1. The van der Waals surface area contributed by atoms with Crippen LogP contribution in [0.15, 0.2) is 24.3 Å². The van der Waals surface area contributed by atoms with E-state index in [1.165, 1.54) is 30.8 Å². The Hall–Kier alpha value is -1.02. The minimum atomic E-state index is 0.616. The molecule has 1 unspecified atom stereocenters. The van der Waals surface area contributed by atoms with Crippen LogP contribution in [-0.4, -0.2) is 30.1 Å². The molecule has 1 aliphatic heterocycles. The lowest BCUT2D eigenvalue weighted by Gasteiger charge is -2.20. The van der Waals surface area contributed by atoms with E-state index in [1.54, 1.807) is 0 Å². The Bertz CT molecular complexity index is 329. The predicted octanol–water partition coefficient (Wildman–Crippen LogP) is 2.89. The highest BCUT2D eigenvalue weighted by atomic mass is 15.2. The van der Waals surface area contributed by atoms with E-state index in [4.69, 9.17) is 0 Å². The van der Waals surface area contributed by atoms with Crippen molar-refractivity contribution in [2.45, 2.75) is 39.3 Å². The van der Waals surface area contributed by atoms with E-state index in [0.717, 1.165) is 0 Å². The molecule has 2 rings (SSSR count). The maximum absolute atomic E-state index is 3.61. The Morgan fingerprint density at radius 3 is 2.50 bits per heavy atom. The Morgan fingerprint density at radius 1 is 1.25 bits per heavy atom. The van der Waals surface area contributed by atoms with Crippen LogP contribution in [0.5, 0.6) is 0 Å². The molecule has 0 radical (unpaired) electrons. The molecule has 0 aromatic heterocycles. The molecule has 88 valence electrons. The standard InChI is InChI=1S/C14H22N2/c1-11(2)16-9-8-14(10-16)15-13-6-4-12(3)5-7-13/h4-7,11,14-15H,8-10H2,1-3H3. The highest BCUT2D eigenvalue weighted by Gasteiger charge is 2.23. The number of rotatable bonds is 3. The van der Waals surface area contributed by atoms with Gasteiger partial charge in [-0.1, -0.05) is 17.7 Å². The quantitative estimate of drug-likeness (QED) is 0.839. The van der Waals surface area contributed by atoms with E-state index in [9.17, 15) is 0 Å². The maximum atomic E-state index is 3.61. The van der Waals surface area contributed by atoms with Gasteiger partial charge < -0.3 is 5.32 Å². The van der Waals surface area contributed by atoms with Crippen molar-refractivity contribution in [3.05, 3.63) is 29.8 Å². The van der Waals surface area contributed by atoms with Gasteiger partial charge in [-0.2, -0.15) is 0 Å². The lowest BCUT2D eigenvalue weighted by molar-refractivity contribution is 0.274. The fraction of sp³-hybridized carbons (Fsp3) is 0.571. The van der Waals surface area contributed by atoms with E-state index in [0.29, 0.717) is 12.1 Å². The van der Waals surface area contributed by atoms with Gasteiger partial charge >= 0.3 is 0 Å².